The van der Waals surface area contributed by atoms with E-state index in [1.54, 1.807) is 0 Å². The zero-order chi connectivity index (χ0) is 13.9. The van der Waals surface area contributed by atoms with Crippen molar-refractivity contribution < 1.29 is 14.3 Å². The van der Waals surface area contributed by atoms with Crippen LogP contribution >= 0.6 is 0 Å². The van der Waals surface area contributed by atoms with Gasteiger partial charge in [-0.25, -0.2) is 0 Å². The van der Waals surface area contributed by atoms with E-state index in [0.29, 0.717) is 6.42 Å². The second-order valence-corrected chi connectivity index (χ2v) is 5.85. The number of amides is 2. The van der Waals surface area contributed by atoms with Gasteiger partial charge in [-0.05, 0) is 32.4 Å². The van der Waals surface area contributed by atoms with Crippen LogP contribution in [0.3, 0.4) is 0 Å². The number of nitrogens with zero attached hydrogens (tertiary/aromatic N) is 2. The fraction of sp³-hybridized carbons (Fsp3) is 0.857. The van der Waals surface area contributed by atoms with Crippen molar-refractivity contribution in [2.45, 2.75) is 37.8 Å². The maximum Gasteiger partial charge on any atom is 0.247 e. The molecule has 0 aromatic rings. The third-order valence-corrected chi connectivity index (χ3v) is 4.24. The number of likely N-dealkylation sites (tertiary alicyclic amines) is 1. The second-order valence-electron chi connectivity index (χ2n) is 5.85. The minimum absolute atomic E-state index is 0.00294. The van der Waals surface area contributed by atoms with E-state index in [1.165, 1.54) is 4.90 Å². The number of morpholine rings is 1. The van der Waals surface area contributed by atoms with Gasteiger partial charge in [-0.15, -0.1) is 0 Å². The van der Waals surface area contributed by atoms with Crippen molar-refractivity contribution in [3.63, 3.8) is 0 Å². The maximum atomic E-state index is 12.1. The normalized spacial score (nSPS) is 28.4. The molecule has 0 aromatic heterocycles. The van der Waals surface area contributed by atoms with Gasteiger partial charge in [0, 0.05) is 19.1 Å². The van der Waals surface area contributed by atoms with Gasteiger partial charge in [0.2, 0.25) is 11.8 Å². The molecule has 1 N–H and O–H groups in total. The van der Waals surface area contributed by atoms with Crippen LogP contribution in [0.15, 0.2) is 0 Å². The molecule has 1 atom stereocenters. The fourth-order valence-corrected chi connectivity index (χ4v) is 2.93. The van der Waals surface area contributed by atoms with E-state index in [2.05, 4.69) is 10.2 Å². The van der Waals surface area contributed by atoms with E-state index in [4.69, 9.17) is 4.74 Å². The molecular weight excluding hydrogens is 258 g/mol. The average Bonchev–Trinajstić information content (AvgIpc) is 3.24. The van der Waals surface area contributed by atoms with Crippen LogP contribution in [0.5, 0.6) is 0 Å². The lowest BCUT2D eigenvalue weighted by Crippen LogP contribution is -2.41. The van der Waals surface area contributed by atoms with Gasteiger partial charge in [0.1, 0.15) is 0 Å². The van der Waals surface area contributed by atoms with Crippen LogP contribution in [-0.4, -0.2) is 73.1 Å². The molecule has 0 aromatic carbocycles. The number of hydrogen-bond acceptors (Lipinski definition) is 5. The summed E-state index contributed by atoms with van der Waals surface area (Å²) in [6.07, 6.45) is 3.32. The molecule has 2 amide bonds. The van der Waals surface area contributed by atoms with Gasteiger partial charge in [0.05, 0.1) is 25.7 Å². The summed E-state index contributed by atoms with van der Waals surface area (Å²) in [5, 5.41) is 3.24. The zero-order valence-corrected chi connectivity index (χ0v) is 11.8. The lowest BCUT2D eigenvalue weighted by atomic mass is 10.2. The molecule has 6 nitrogen and oxygen atoms in total. The summed E-state index contributed by atoms with van der Waals surface area (Å²) >= 11 is 0. The van der Waals surface area contributed by atoms with Crippen LogP contribution in [0.2, 0.25) is 0 Å². The summed E-state index contributed by atoms with van der Waals surface area (Å²) in [5.74, 6) is -0.00736. The fourth-order valence-electron chi connectivity index (χ4n) is 2.93. The molecule has 6 heteroatoms. The Morgan fingerprint density at radius 3 is 2.65 bits per heavy atom. The van der Waals surface area contributed by atoms with Crippen LogP contribution in [0.4, 0.5) is 0 Å². The zero-order valence-electron chi connectivity index (χ0n) is 11.8. The Balaban J connectivity index is 1.36. The summed E-state index contributed by atoms with van der Waals surface area (Å²) < 4.78 is 5.31. The van der Waals surface area contributed by atoms with Crippen molar-refractivity contribution in [3.8, 4) is 0 Å². The minimum Gasteiger partial charge on any atom is -0.379 e. The van der Waals surface area contributed by atoms with E-state index < -0.39 is 0 Å². The molecule has 2 aliphatic heterocycles. The third kappa shape index (κ3) is 3.19. The quantitative estimate of drug-likeness (QED) is 0.530. The van der Waals surface area contributed by atoms with Crippen LogP contribution in [0.1, 0.15) is 25.7 Å². The Morgan fingerprint density at radius 2 is 1.95 bits per heavy atom. The molecule has 0 bridgehead atoms. The van der Waals surface area contributed by atoms with Crippen LogP contribution in [-0.2, 0) is 14.3 Å². The monoisotopic (exact) mass is 281 g/mol. The standard InChI is InChI=1S/C14H23N3O3/c18-13-10-12(14(19)17(13)11-2-3-11)15-4-1-5-16-6-8-20-9-7-16/h11-12,15H,1-10H2. The van der Waals surface area contributed by atoms with E-state index in [-0.39, 0.29) is 23.9 Å². The molecule has 1 unspecified atom stereocenters. The minimum atomic E-state index is -0.284. The van der Waals surface area contributed by atoms with E-state index in [1.807, 2.05) is 0 Å². The molecular formula is C14H23N3O3. The molecule has 3 rings (SSSR count). The first kappa shape index (κ1) is 14.0. The van der Waals surface area contributed by atoms with Gasteiger partial charge in [0.15, 0.2) is 0 Å². The second kappa shape index (κ2) is 6.20. The molecule has 3 fully saturated rings. The van der Waals surface area contributed by atoms with Crippen LogP contribution < -0.4 is 5.32 Å². The first-order chi connectivity index (χ1) is 9.75. The molecule has 0 radical (unpaired) electrons. The number of carbonyl (C=O) groups is 2. The highest BCUT2D eigenvalue weighted by Crippen LogP contribution is 2.31. The highest BCUT2D eigenvalue weighted by atomic mass is 16.5. The summed E-state index contributed by atoms with van der Waals surface area (Å²) in [4.78, 5) is 27.8. The lowest BCUT2D eigenvalue weighted by Gasteiger charge is -2.26. The summed E-state index contributed by atoms with van der Waals surface area (Å²) in [5.41, 5.74) is 0. The number of nitrogens with one attached hydrogen (secondary N) is 1. The Labute approximate surface area is 119 Å². The van der Waals surface area contributed by atoms with Gasteiger partial charge >= 0.3 is 0 Å². The summed E-state index contributed by atoms with van der Waals surface area (Å²) in [7, 11) is 0. The summed E-state index contributed by atoms with van der Waals surface area (Å²) in [6.45, 7) is 5.45. The van der Waals surface area contributed by atoms with Crippen molar-refractivity contribution >= 4 is 11.8 Å². The van der Waals surface area contributed by atoms with E-state index in [0.717, 1.165) is 58.7 Å². The Bertz CT molecular complexity index is 378. The van der Waals surface area contributed by atoms with Crippen molar-refractivity contribution in [2.24, 2.45) is 0 Å². The number of hydrogen-bond donors (Lipinski definition) is 1. The molecule has 20 heavy (non-hydrogen) atoms. The first-order valence-corrected chi connectivity index (χ1v) is 7.65. The third-order valence-electron chi connectivity index (χ3n) is 4.24. The smallest absolute Gasteiger partial charge is 0.247 e. The van der Waals surface area contributed by atoms with Gasteiger partial charge in [0.25, 0.3) is 0 Å². The number of rotatable bonds is 6. The predicted molar refractivity (Wildman–Crippen MR) is 73.2 cm³/mol. The van der Waals surface area contributed by atoms with Crippen molar-refractivity contribution in [2.75, 3.05) is 39.4 Å². The van der Waals surface area contributed by atoms with Crippen molar-refractivity contribution in [3.05, 3.63) is 0 Å². The SMILES string of the molecule is O=C1CC(NCCCN2CCOCC2)C(=O)N1C1CC1. The molecule has 3 aliphatic rings. The van der Waals surface area contributed by atoms with Crippen LogP contribution in [0.25, 0.3) is 0 Å². The Kier molecular flexibility index (Phi) is 4.33. The van der Waals surface area contributed by atoms with E-state index in [9.17, 15) is 9.59 Å². The van der Waals surface area contributed by atoms with Gasteiger partial charge < -0.3 is 10.1 Å². The maximum absolute atomic E-state index is 12.1. The first-order valence-electron chi connectivity index (χ1n) is 7.65. The lowest BCUT2D eigenvalue weighted by molar-refractivity contribution is -0.139. The van der Waals surface area contributed by atoms with Gasteiger partial charge in [-0.3, -0.25) is 19.4 Å². The number of carbonyl (C=O) groups excluding carboxylic acids is 2. The highest BCUT2D eigenvalue weighted by Gasteiger charge is 2.45. The molecule has 2 heterocycles. The van der Waals surface area contributed by atoms with Gasteiger partial charge in [-0.1, -0.05) is 0 Å². The highest BCUT2D eigenvalue weighted by molar-refractivity contribution is 6.06. The Hall–Kier alpha value is -0.980. The van der Waals surface area contributed by atoms with Crippen molar-refractivity contribution in [1.82, 2.24) is 15.1 Å². The number of imide groups is 1. The van der Waals surface area contributed by atoms with E-state index >= 15 is 0 Å². The summed E-state index contributed by atoms with van der Waals surface area (Å²) in [6, 6.07) is -0.0806. The predicted octanol–water partition coefficient (Wildman–Crippen LogP) is -0.412. The van der Waals surface area contributed by atoms with Crippen LogP contribution in [0, 0.1) is 0 Å². The molecule has 2 saturated heterocycles. The number of ether oxygens (including phenoxy) is 1. The molecule has 1 saturated carbocycles. The molecule has 0 spiro atoms. The average molecular weight is 281 g/mol. The van der Waals surface area contributed by atoms with Crippen molar-refractivity contribution in [1.29, 1.82) is 0 Å². The Morgan fingerprint density at radius 1 is 1.20 bits per heavy atom. The molecule has 1 aliphatic carbocycles. The van der Waals surface area contributed by atoms with Gasteiger partial charge in [-0.2, -0.15) is 0 Å². The molecule has 112 valence electrons. The topological polar surface area (TPSA) is 61.9 Å². The largest absolute Gasteiger partial charge is 0.379 e.